The molecule has 0 radical (unpaired) electrons. The van der Waals surface area contributed by atoms with Gasteiger partial charge in [0.05, 0.1) is 19.8 Å². The van der Waals surface area contributed by atoms with Crippen LogP contribution in [0.15, 0.2) is 42.5 Å². The molecule has 0 saturated carbocycles. The summed E-state index contributed by atoms with van der Waals surface area (Å²) < 4.78 is 59.4. The van der Waals surface area contributed by atoms with E-state index in [-0.39, 0.29) is 30.9 Å². The molecule has 1 saturated heterocycles. The van der Waals surface area contributed by atoms with Crippen LogP contribution in [0, 0.1) is 34.7 Å². The lowest BCUT2D eigenvalue weighted by atomic mass is 9.97. The van der Waals surface area contributed by atoms with Crippen LogP contribution in [0.4, 0.5) is 13.2 Å². The number of nitrogens with zero attached hydrogens (tertiary/aromatic N) is 1. The lowest BCUT2D eigenvalue weighted by Gasteiger charge is -2.29. The van der Waals surface area contributed by atoms with Gasteiger partial charge in [-0.3, -0.25) is 0 Å². The highest BCUT2D eigenvalue weighted by molar-refractivity contribution is 5.84. The second kappa shape index (κ2) is 11.0. The van der Waals surface area contributed by atoms with E-state index in [4.69, 9.17) is 19.5 Å². The fourth-order valence-corrected chi connectivity index (χ4v) is 4.26. The van der Waals surface area contributed by atoms with Crippen LogP contribution in [0.5, 0.6) is 0 Å². The molecule has 4 nitrogen and oxygen atoms in total. The normalized spacial score (nSPS) is 18.2. The van der Waals surface area contributed by atoms with Crippen LogP contribution in [0.1, 0.15) is 28.7 Å². The Labute approximate surface area is 196 Å². The zero-order chi connectivity index (χ0) is 24.1. The Kier molecular flexibility index (Phi) is 7.84. The molecule has 0 aliphatic carbocycles. The molecule has 3 aromatic carbocycles. The largest absolute Gasteiger partial charge is 0.384 e. The molecule has 0 aromatic heterocycles. The molecule has 178 valence electrons. The molecule has 1 aliphatic heterocycles. The number of ether oxygens (including phenoxy) is 3. The first-order chi connectivity index (χ1) is 16.5. The molecule has 0 bridgehead atoms. The Morgan fingerprint density at radius 1 is 0.941 bits per heavy atom. The molecular weight excluding hydrogens is 443 g/mol. The second-order valence-electron chi connectivity index (χ2n) is 8.60. The van der Waals surface area contributed by atoms with Gasteiger partial charge in [0.25, 0.3) is 0 Å². The summed E-state index contributed by atoms with van der Waals surface area (Å²) in [7, 11) is 1.66. The standard InChI is InChI=1S/C27H26F3NO3/c1-32-14-19-15-33-26(34-16-19)9-4-17-3-8-22-21(10-17)7-6-20(27(22)30)5-2-18-11-24(28)23(13-31)25(29)12-18/h3,6-8,10-12,19,26H,2,4-5,9,14-16H2,1H3. The van der Waals surface area contributed by atoms with E-state index in [1.165, 1.54) is 6.07 Å². The summed E-state index contributed by atoms with van der Waals surface area (Å²) in [4.78, 5) is 0. The monoisotopic (exact) mass is 469 g/mol. The topological polar surface area (TPSA) is 51.5 Å². The maximum atomic E-state index is 15.1. The molecule has 1 aliphatic rings. The molecule has 0 N–H and O–H groups in total. The van der Waals surface area contributed by atoms with Crippen molar-refractivity contribution < 1.29 is 27.4 Å². The lowest BCUT2D eigenvalue weighted by molar-refractivity contribution is -0.208. The predicted molar refractivity (Wildman–Crippen MR) is 122 cm³/mol. The zero-order valence-corrected chi connectivity index (χ0v) is 19.0. The Bertz CT molecular complexity index is 1180. The highest BCUT2D eigenvalue weighted by Crippen LogP contribution is 2.25. The minimum absolute atomic E-state index is 0.250. The van der Waals surface area contributed by atoms with E-state index >= 15 is 4.39 Å². The molecular formula is C27H26F3NO3. The third-order valence-corrected chi connectivity index (χ3v) is 6.10. The third kappa shape index (κ3) is 5.58. The van der Waals surface area contributed by atoms with Gasteiger partial charge in [-0.15, -0.1) is 0 Å². The molecule has 0 amide bonds. The second-order valence-corrected chi connectivity index (χ2v) is 8.60. The predicted octanol–water partition coefficient (Wildman–Crippen LogP) is 5.48. The van der Waals surface area contributed by atoms with Crippen LogP contribution in [-0.4, -0.2) is 33.2 Å². The molecule has 34 heavy (non-hydrogen) atoms. The fraction of sp³-hybridized carbons (Fsp3) is 0.370. The average molecular weight is 470 g/mol. The van der Waals surface area contributed by atoms with Gasteiger partial charge in [-0.05, 0) is 53.5 Å². The summed E-state index contributed by atoms with van der Waals surface area (Å²) in [6.45, 7) is 1.85. The maximum Gasteiger partial charge on any atom is 0.157 e. The van der Waals surface area contributed by atoms with Gasteiger partial charge in [0.1, 0.15) is 29.1 Å². The Morgan fingerprint density at radius 2 is 1.68 bits per heavy atom. The van der Waals surface area contributed by atoms with E-state index < -0.39 is 17.2 Å². The first-order valence-corrected chi connectivity index (χ1v) is 11.3. The van der Waals surface area contributed by atoms with Gasteiger partial charge in [-0.1, -0.05) is 30.3 Å². The van der Waals surface area contributed by atoms with Crippen molar-refractivity contribution in [3.8, 4) is 6.07 Å². The number of methoxy groups -OCH3 is 1. The molecule has 1 heterocycles. The minimum atomic E-state index is -0.900. The smallest absolute Gasteiger partial charge is 0.157 e. The van der Waals surface area contributed by atoms with Crippen molar-refractivity contribution in [2.45, 2.75) is 32.0 Å². The number of hydrogen-bond acceptors (Lipinski definition) is 4. The van der Waals surface area contributed by atoms with Crippen LogP contribution < -0.4 is 0 Å². The number of benzene rings is 3. The van der Waals surface area contributed by atoms with Crippen LogP contribution in [0.2, 0.25) is 0 Å². The SMILES string of the molecule is COCC1COC(CCc2ccc3c(F)c(CCc4cc(F)c(C#N)c(F)c4)ccc3c2)OC1. The molecule has 0 atom stereocenters. The first-order valence-electron chi connectivity index (χ1n) is 11.3. The first kappa shape index (κ1) is 24.2. The zero-order valence-electron chi connectivity index (χ0n) is 19.0. The number of aryl methyl sites for hydroxylation is 3. The number of halogens is 3. The Morgan fingerprint density at radius 3 is 2.35 bits per heavy atom. The van der Waals surface area contributed by atoms with E-state index in [1.807, 2.05) is 18.2 Å². The van der Waals surface area contributed by atoms with Crippen LogP contribution in [0.3, 0.4) is 0 Å². The maximum absolute atomic E-state index is 15.1. The molecule has 3 aromatic rings. The van der Waals surface area contributed by atoms with Gasteiger partial charge in [0.2, 0.25) is 0 Å². The van der Waals surface area contributed by atoms with Gasteiger partial charge in [-0.25, -0.2) is 13.2 Å². The fourth-order valence-electron chi connectivity index (χ4n) is 4.26. The van der Waals surface area contributed by atoms with E-state index in [2.05, 4.69) is 0 Å². The molecule has 1 fully saturated rings. The van der Waals surface area contributed by atoms with Crippen LogP contribution >= 0.6 is 0 Å². The van der Waals surface area contributed by atoms with Gasteiger partial charge in [0.15, 0.2) is 6.29 Å². The molecule has 0 spiro atoms. The Hall–Kier alpha value is -2.92. The van der Waals surface area contributed by atoms with Crippen LogP contribution in [-0.2, 0) is 33.5 Å². The number of nitriles is 1. The van der Waals surface area contributed by atoms with Gasteiger partial charge < -0.3 is 14.2 Å². The summed E-state index contributed by atoms with van der Waals surface area (Å²) in [6.07, 6.45) is 1.75. The van der Waals surface area contributed by atoms with E-state index in [9.17, 15) is 8.78 Å². The van der Waals surface area contributed by atoms with E-state index in [0.29, 0.717) is 42.8 Å². The van der Waals surface area contributed by atoms with Crippen molar-refractivity contribution in [3.05, 3.63) is 82.2 Å². The van der Waals surface area contributed by atoms with Crippen molar-refractivity contribution in [1.29, 1.82) is 5.26 Å². The van der Waals surface area contributed by atoms with E-state index in [0.717, 1.165) is 29.5 Å². The highest BCUT2D eigenvalue weighted by atomic mass is 19.1. The van der Waals surface area contributed by atoms with Gasteiger partial charge in [0, 0.05) is 24.8 Å². The molecule has 0 unspecified atom stereocenters. The van der Waals surface area contributed by atoms with Crippen molar-refractivity contribution in [2.24, 2.45) is 5.92 Å². The van der Waals surface area contributed by atoms with Crippen molar-refractivity contribution in [1.82, 2.24) is 0 Å². The lowest BCUT2D eigenvalue weighted by Crippen LogP contribution is -2.34. The minimum Gasteiger partial charge on any atom is -0.384 e. The summed E-state index contributed by atoms with van der Waals surface area (Å²) in [5.74, 6) is -1.87. The van der Waals surface area contributed by atoms with Crippen LogP contribution in [0.25, 0.3) is 10.8 Å². The third-order valence-electron chi connectivity index (χ3n) is 6.10. The molecule has 7 heteroatoms. The number of hydrogen-bond donors (Lipinski definition) is 0. The highest BCUT2D eigenvalue weighted by Gasteiger charge is 2.22. The molecule has 4 rings (SSSR count). The van der Waals surface area contributed by atoms with Crippen molar-refractivity contribution >= 4 is 10.8 Å². The average Bonchev–Trinajstić information content (AvgIpc) is 2.83. The summed E-state index contributed by atoms with van der Waals surface area (Å²) >= 11 is 0. The van der Waals surface area contributed by atoms with Crippen molar-refractivity contribution in [3.63, 3.8) is 0 Å². The number of fused-ring (bicyclic) bond motifs is 1. The Balaban J connectivity index is 1.39. The quantitative estimate of drug-likeness (QED) is 0.438. The van der Waals surface area contributed by atoms with Gasteiger partial charge >= 0.3 is 0 Å². The number of rotatable bonds is 8. The van der Waals surface area contributed by atoms with E-state index in [1.54, 1.807) is 19.2 Å². The van der Waals surface area contributed by atoms with Crippen molar-refractivity contribution in [2.75, 3.05) is 26.9 Å². The van der Waals surface area contributed by atoms with Gasteiger partial charge in [-0.2, -0.15) is 5.26 Å². The summed E-state index contributed by atoms with van der Waals surface area (Å²) in [5, 5.41) is 10.1. The summed E-state index contributed by atoms with van der Waals surface area (Å²) in [5.41, 5.74) is 1.31. The summed E-state index contributed by atoms with van der Waals surface area (Å²) in [6, 6.07) is 13.0.